The van der Waals surface area contributed by atoms with E-state index in [-0.39, 0.29) is 0 Å². The molecule has 0 bridgehead atoms. The zero-order chi connectivity index (χ0) is 11.7. The molecule has 2 heterocycles. The van der Waals surface area contributed by atoms with E-state index in [1.54, 1.807) is 11.6 Å². The first kappa shape index (κ1) is 11.1. The molecule has 0 aliphatic carbocycles. The highest BCUT2D eigenvalue weighted by Crippen LogP contribution is 2.40. The van der Waals surface area contributed by atoms with Crippen molar-refractivity contribution in [3.63, 3.8) is 0 Å². The molecule has 0 spiro atoms. The second-order valence-corrected chi connectivity index (χ2v) is 6.50. The molecule has 0 saturated heterocycles. The van der Waals surface area contributed by atoms with Gasteiger partial charge < -0.3 is 0 Å². The van der Waals surface area contributed by atoms with E-state index in [2.05, 4.69) is 9.97 Å². The fourth-order valence-electron chi connectivity index (χ4n) is 1.39. The number of thiazole rings is 2. The van der Waals surface area contributed by atoms with Crippen LogP contribution in [0.2, 0.25) is 0 Å². The lowest BCUT2D eigenvalue weighted by atomic mass is 10.3. The molecule has 0 saturated carbocycles. The topological polar surface area (TPSA) is 25.8 Å². The Balaban J connectivity index is 1.85. The summed E-state index contributed by atoms with van der Waals surface area (Å²) in [7, 11) is 0. The van der Waals surface area contributed by atoms with Crippen LogP contribution in [0.3, 0.4) is 0 Å². The van der Waals surface area contributed by atoms with Crippen molar-refractivity contribution in [1.82, 2.24) is 9.97 Å². The minimum absolute atomic E-state index is 0.495. The van der Waals surface area contributed by atoms with E-state index in [0.29, 0.717) is 5.01 Å². The van der Waals surface area contributed by atoms with E-state index in [0.717, 1.165) is 26.3 Å². The number of rotatable bonds is 3. The van der Waals surface area contributed by atoms with Crippen LogP contribution in [-0.4, -0.2) is 9.97 Å². The van der Waals surface area contributed by atoms with Crippen molar-refractivity contribution in [2.75, 3.05) is 0 Å². The maximum atomic E-state index is 13.9. The Morgan fingerprint density at radius 2 is 2.18 bits per heavy atom. The standard InChI is InChI=1S/C11H7FN2S3/c12-9(10-13-5-6-15-10)17-11-14-7-3-1-2-4-8(7)16-11/h1-6,9H. The Morgan fingerprint density at radius 1 is 1.29 bits per heavy atom. The molecule has 0 radical (unpaired) electrons. The molecule has 0 aliphatic rings. The van der Waals surface area contributed by atoms with Gasteiger partial charge in [0.1, 0.15) is 5.01 Å². The number of benzene rings is 1. The average Bonchev–Trinajstić information content (AvgIpc) is 2.97. The molecule has 0 amide bonds. The van der Waals surface area contributed by atoms with Gasteiger partial charge in [0.05, 0.1) is 10.2 Å². The quantitative estimate of drug-likeness (QED) is 0.661. The average molecular weight is 282 g/mol. The van der Waals surface area contributed by atoms with Gasteiger partial charge in [-0.25, -0.2) is 14.4 Å². The first-order valence-electron chi connectivity index (χ1n) is 4.88. The van der Waals surface area contributed by atoms with Crippen molar-refractivity contribution >= 4 is 44.7 Å². The molecule has 0 aliphatic heterocycles. The smallest absolute Gasteiger partial charge is 0.203 e. The van der Waals surface area contributed by atoms with Gasteiger partial charge >= 0.3 is 0 Å². The molecule has 3 rings (SSSR count). The summed E-state index contributed by atoms with van der Waals surface area (Å²) in [5.41, 5.74) is -0.207. The summed E-state index contributed by atoms with van der Waals surface area (Å²) < 4.78 is 15.7. The van der Waals surface area contributed by atoms with Crippen molar-refractivity contribution in [2.45, 2.75) is 9.84 Å². The highest BCUT2D eigenvalue weighted by Gasteiger charge is 2.16. The van der Waals surface area contributed by atoms with Crippen molar-refractivity contribution in [2.24, 2.45) is 0 Å². The van der Waals surface area contributed by atoms with Crippen LogP contribution in [0.4, 0.5) is 4.39 Å². The van der Waals surface area contributed by atoms with E-state index >= 15 is 0 Å². The first-order valence-corrected chi connectivity index (χ1v) is 7.46. The number of hydrogen-bond donors (Lipinski definition) is 0. The van der Waals surface area contributed by atoms with Crippen LogP contribution in [0.1, 0.15) is 10.5 Å². The highest BCUT2D eigenvalue weighted by molar-refractivity contribution is 8.01. The van der Waals surface area contributed by atoms with Gasteiger partial charge in [-0.3, -0.25) is 0 Å². The normalized spacial score (nSPS) is 13.0. The van der Waals surface area contributed by atoms with E-state index in [1.807, 2.05) is 24.3 Å². The van der Waals surface area contributed by atoms with E-state index in [9.17, 15) is 4.39 Å². The summed E-state index contributed by atoms with van der Waals surface area (Å²) in [6.07, 6.45) is 1.62. The van der Waals surface area contributed by atoms with Gasteiger partial charge in [0.2, 0.25) is 5.50 Å². The third kappa shape index (κ3) is 2.34. The predicted molar refractivity (Wildman–Crippen MR) is 71.4 cm³/mol. The van der Waals surface area contributed by atoms with Gasteiger partial charge in [-0.2, -0.15) is 0 Å². The number of thioether (sulfide) groups is 1. The molecule has 0 N–H and O–H groups in total. The van der Waals surface area contributed by atoms with Crippen LogP contribution < -0.4 is 0 Å². The zero-order valence-corrected chi connectivity index (χ0v) is 11.0. The van der Waals surface area contributed by atoms with Crippen LogP contribution >= 0.6 is 34.4 Å². The number of nitrogens with zero attached hydrogens (tertiary/aromatic N) is 2. The molecular formula is C11H7FN2S3. The summed E-state index contributed by atoms with van der Waals surface area (Å²) in [6, 6.07) is 7.83. The van der Waals surface area contributed by atoms with Gasteiger partial charge in [0, 0.05) is 11.6 Å². The molecule has 86 valence electrons. The number of fused-ring (bicyclic) bond motifs is 1. The van der Waals surface area contributed by atoms with Crippen LogP contribution in [0.25, 0.3) is 10.2 Å². The number of halogens is 1. The van der Waals surface area contributed by atoms with E-state index in [4.69, 9.17) is 0 Å². The molecule has 2 aromatic heterocycles. The van der Waals surface area contributed by atoms with Gasteiger partial charge in [-0.15, -0.1) is 22.7 Å². The maximum absolute atomic E-state index is 13.9. The summed E-state index contributed by atoms with van der Waals surface area (Å²) in [5.74, 6) is 0. The third-order valence-corrected chi connectivity index (χ3v) is 5.18. The molecule has 2 nitrogen and oxygen atoms in total. The molecule has 0 fully saturated rings. The highest BCUT2D eigenvalue weighted by atomic mass is 32.2. The summed E-state index contributed by atoms with van der Waals surface area (Å²) in [5, 5.41) is 2.27. The minimum atomic E-state index is -1.13. The van der Waals surface area contributed by atoms with E-state index < -0.39 is 5.50 Å². The number of aromatic nitrogens is 2. The SMILES string of the molecule is FC(Sc1nc2ccccc2s1)c1nccs1. The van der Waals surface area contributed by atoms with Crippen LogP contribution in [0, 0.1) is 0 Å². The van der Waals surface area contributed by atoms with Crippen LogP contribution in [-0.2, 0) is 0 Å². The summed E-state index contributed by atoms with van der Waals surface area (Å²) >= 11 is 3.95. The van der Waals surface area contributed by atoms with Gasteiger partial charge in [0.15, 0.2) is 4.34 Å². The molecule has 6 heteroatoms. The largest absolute Gasteiger partial charge is 0.246 e. The number of alkyl halides is 1. The molecule has 1 unspecified atom stereocenters. The van der Waals surface area contributed by atoms with E-state index in [1.165, 1.54) is 22.7 Å². The monoisotopic (exact) mass is 282 g/mol. The Kier molecular flexibility index (Phi) is 3.09. The number of para-hydroxylation sites is 1. The lowest BCUT2D eigenvalue weighted by Crippen LogP contribution is -1.83. The molecule has 1 aromatic carbocycles. The Hall–Kier alpha value is -0.980. The zero-order valence-electron chi connectivity index (χ0n) is 8.54. The Bertz CT molecular complexity index is 587. The first-order chi connectivity index (χ1) is 8.33. The van der Waals surface area contributed by atoms with Crippen molar-refractivity contribution in [1.29, 1.82) is 0 Å². The van der Waals surface area contributed by atoms with Gasteiger partial charge in [0.25, 0.3) is 0 Å². The van der Waals surface area contributed by atoms with Gasteiger partial charge in [-0.05, 0) is 12.1 Å². The van der Waals surface area contributed by atoms with Crippen molar-refractivity contribution < 1.29 is 4.39 Å². The van der Waals surface area contributed by atoms with Crippen molar-refractivity contribution in [3.05, 3.63) is 40.8 Å². The Morgan fingerprint density at radius 3 is 2.94 bits per heavy atom. The Labute approximate surface area is 110 Å². The fourth-order valence-corrected chi connectivity index (χ4v) is 4.09. The van der Waals surface area contributed by atoms with Crippen LogP contribution in [0.5, 0.6) is 0 Å². The molecular weight excluding hydrogens is 275 g/mol. The second-order valence-electron chi connectivity index (χ2n) is 3.25. The molecule has 1 atom stereocenters. The van der Waals surface area contributed by atoms with Gasteiger partial charge in [-0.1, -0.05) is 23.9 Å². The summed E-state index contributed by atoms with van der Waals surface area (Å²) in [4.78, 5) is 8.35. The van der Waals surface area contributed by atoms with Crippen LogP contribution in [0.15, 0.2) is 40.2 Å². The molecule has 17 heavy (non-hydrogen) atoms. The number of hydrogen-bond acceptors (Lipinski definition) is 5. The molecule has 3 aromatic rings. The minimum Gasteiger partial charge on any atom is -0.246 e. The fraction of sp³-hybridized carbons (Fsp3) is 0.0909. The third-order valence-electron chi connectivity index (χ3n) is 2.12. The lowest BCUT2D eigenvalue weighted by molar-refractivity contribution is 0.468. The summed E-state index contributed by atoms with van der Waals surface area (Å²) in [6.45, 7) is 0. The maximum Gasteiger partial charge on any atom is 0.203 e. The predicted octanol–water partition coefficient (Wildman–Crippen LogP) is 4.51. The lowest BCUT2D eigenvalue weighted by Gasteiger charge is -1.99. The van der Waals surface area contributed by atoms with Crippen molar-refractivity contribution in [3.8, 4) is 0 Å². The second kappa shape index (κ2) is 4.72.